The molecule has 74 valence electrons. The molecule has 3 N–H and O–H groups in total. The molecule has 1 aromatic rings. The van der Waals surface area contributed by atoms with Crippen molar-refractivity contribution in [2.24, 2.45) is 0 Å². The molecule has 0 bridgehead atoms. The van der Waals surface area contributed by atoms with Crippen LogP contribution in [-0.4, -0.2) is 16.0 Å². The van der Waals surface area contributed by atoms with Gasteiger partial charge in [-0.15, -0.1) is 0 Å². The highest BCUT2D eigenvalue weighted by atomic mass is 19.1. The topological polar surface area (TPSA) is 106 Å². The second-order valence-electron chi connectivity index (χ2n) is 2.42. The maximum Gasteiger partial charge on any atom is 0.345 e. The van der Waals surface area contributed by atoms with E-state index in [0.717, 1.165) is 12.1 Å². The van der Waals surface area contributed by atoms with Crippen LogP contribution in [0.15, 0.2) is 12.1 Å². The fourth-order valence-corrected chi connectivity index (χ4v) is 0.983. The Morgan fingerprint density at radius 1 is 1.57 bits per heavy atom. The van der Waals surface area contributed by atoms with Gasteiger partial charge in [0.05, 0.1) is 4.92 Å². The van der Waals surface area contributed by atoms with Crippen LogP contribution in [0.4, 0.5) is 15.8 Å². The summed E-state index contributed by atoms with van der Waals surface area (Å²) in [4.78, 5) is 19.9. The summed E-state index contributed by atoms with van der Waals surface area (Å²) < 4.78 is 12.9. The SMILES string of the molecule is Nc1ccc(F)c(C(=O)O)c1[N+](=O)[O-]. The zero-order valence-corrected chi connectivity index (χ0v) is 6.73. The molecule has 0 radical (unpaired) electrons. The fourth-order valence-electron chi connectivity index (χ4n) is 0.983. The Bertz CT molecular complexity index is 379. The molecular formula is C7H5FN2O4. The summed E-state index contributed by atoms with van der Waals surface area (Å²) in [5.74, 6) is -2.90. The standard InChI is InChI=1S/C7H5FN2O4/c8-3-1-2-4(9)6(10(13)14)5(3)7(11)12/h1-2H,9H2,(H,11,12). The van der Waals surface area contributed by atoms with E-state index >= 15 is 0 Å². The summed E-state index contributed by atoms with van der Waals surface area (Å²) in [6.45, 7) is 0. The van der Waals surface area contributed by atoms with Crippen LogP contribution in [0.1, 0.15) is 10.4 Å². The first-order valence-electron chi connectivity index (χ1n) is 3.40. The molecule has 0 atom stereocenters. The molecule has 0 amide bonds. The van der Waals surface area contributed by atoms with Gasteiger partial charge in [-0.3, -0.25) is 10.1 Å². The maximum atomic E-state index is 12.9. The van der Waals surface area contributed by atoms with Crippen molar-refractivity contribution in [3.05, 3.63) is 33.6 Å². The second-order valence-corrected chi connectivity index (χ2v) is 2.42. The van der Waals surface area contributed by atoms with E-state index < -0.39 is 28.0 Å². The molecule has 1 aromatic carbocycles. The molecule has 0 fully saturated rings. The highest BCUT2D eigenvalue weighted by Crippen LogP contribution is 2.28. The van der Waals surface area contributed by atoms with Crippen molar-refractivity contribution >= 4 is 17.3 Å². The van der Waals surface area contributed by atoms with Gasteiger partial charge in [-0.2, -0.15) is 0 Å². The van der Waals surface area contributed by atoms with Gasteiger partial charge in [-0.25, -0.2) is 9.18 Å². The summed E-state index contributed by atoms with van der Waals surface area (Å²) >= 11 is 0. The van der Waals surface area contributed by atoms with Gasteiger partial charge in [-0.05, 0) is 12.1 Å². The minimum Gasteiger partial charge on any atom is -0.477 e. The molecule has 0 aliphatic carbocycles. The highest BCUT2D eigenvalue weighted by molar-refractivity contribution is 5.95. The molecule has 0 spiro atoms. The molecule has 0 aliphatic rings. The van der Waals surface area contributed by atoms with Crippen molar-refractivity contribution in [1.82, 2.24) is 0 Å². The van der Waals surface area contributed by atoms with Gasteiger partial charge in [-0.1, -0.05) is 0 Å². The summed E-state index contributed by atoms with van der Waals surface area (Å²) in [5.41, 5.74) is 2.84. The van der Waals surface area contributed by atoms with Crippen molar-refractivity contribution in [1.29, 1.82) is 0 Å². The van der Waals surface area contributed by atoms with Crippen LogP contribution in [0.3, 0.4) is 0 Å². The summed E-state index contributed by atoms with van der Waals surface area (Å²) in [6.07, 6.45) is 0. The molecule has 6 nitrogen and oxygen atoms in total. The van der Waals surface area contributed by atoms with Crippen LogP contribution in [0.5, 0.6) is 0 Å². The summed E-state index contributed by atoms with van der Waals surface area (Å²) in [6, 6.07) is 1.71. The lowest BCUT2D eigenvalue weighted by atomic mass is 10.1. The number of rotatable bonds is 2. The second kappa shape index (κ2) is 3.29. The molecule has 0 saturated heterocycles. The molecule has 0 aliphatic heterocycles. The van der Waals surface area contributed by atoms with Crippen LogP contribution in [0.2, 0.25) is 0 Å². The molecule has 0 aromatic heterocycles. The summed E-state index contributed by atoms with van der Waals surface area (Å²) in [7, 11) is 0. The number of benzene rings is 1. The number of hydrogen-bond donors (Lipinski definition) is 2. The molecule has 0 unspecified atom stereocenters. The van der Waals surface area contributed by atoms with E-state index in [0.29, 0.717) is 0 Å². The minimum atomic E-state index is -1.72. The van der Waals surface area contributed by atoms with Crippen molar-refractivity contribution < 1.29 is 19.2 Å². The molecule has 7 heteroatoms. The van der Waals surface area contributed by atoms with Crippen molar-refractivity contribution in [2.45, 2.75) is 0 Å². The van der Waals surface area contributed by atoms with Crippen LogP contribution in [0.25, 0.3) is 0 Å². The number of hydrogen-bond acceptors (Lipinski definition) is 4. The molecule has 1 rings (SSSR count). The number of nitro groups is 1. The third-order valence-electron chi connectivity index (χ3n) is 1.55. The van der Waals surface area contributed by atoms with E-state index in [-0.39, 0.29) is 5.69 Å². The van der Waals surface area contributed by atoms with Gasteiger partial charge in [0.2, 0.25) is 0 Å². The van der Waals surface area contributed by atoms with E-state index in [1.165, 1.54) is 0 Å². The van der Waals surface area contributed by atoms with Crippen molar-refractivity contribution in [3.63, 3.8) is 0 Å². The largest absolute Gasteiger partial charge is 0.477 e. The number of aromatic carboxylic acids is 1. The monoisotopic (exact) mass is 200 g/mol. The summed E-state index contributed by atoms with van der Waals surface area (Å²) in [5, 5.41) is 18.9. The first-order valence-corrected chi connectivity index (χ1v) is 3.40. The van der Waals surface area contributed by atoms with Crippen molar-refractivity contribution in [2.75, 3.05) is 5.73 Å². The highest BCUT2D eigenvalue weighted by Gasteiger charge is 2.27. The number of nitro benzene ring substituents is 1. The number of nitrogen functional groups attached to an aromatic ring is 1. The normalized spacial score (nSPS) is 9.79. The Morgan fingerprint density at radius 3 is 2.50 bits per heavy atom. The predicted molar refractivity (Wildman–Crippen MR) is 44.4 cm³/mol. The zero-order chi connectivity index (χ0) is 10.9. The Kier molecular flexibility index (Phi) is 2.32. The minimum absolute atomic E-state index is 0.381. The van der Waals surface area contributed by atoms with E-state index in [9.17, 15) is 19.3 Å². The van der Waals surface area contributed by atoms with E-state index in [4.69, 9.17) is 10.8 Å². The van der Waals surface area contributed by atoms with Crippen LogP contribution < -0.4 is 5.73 Å². The Hall–Kier alpha value is -2.18. The number of nitrogens with zero attached hydrogens (tertiary/aromatic N) is 1. The average molecular weight is 200 g/mol. The van der Waals surface area contributed by atoms with Gasteiger partial charge in [0.1, 0.15) is 11.5 Å². The first-order chi connectivity index (χ1) is 6.45. The van der Waals surface area contributed by atoms with E-state index in [2.05, 4.69) is 0 Å². The number of carboxylic acid groups (broad SMARTS) is 1. The van der Waals surface area contributed by atoms with E-state index in [1.54, 1.807) is 0 Å². The zero-order valence-electron chi connectivity index (χ0n) is 6.73. The third-order valence-corrected chi connectivity index (χ3v) is 1.55. The number of nitrogens with two attached hydrogens (primary N) is 1. The molecular weight excluding hydrogens is 195 g/mol. The van der Waals surface area contributed by atoms with Gasteiger partial charge < -0.3 is 10.8 Å². The quantitative estimate of drug-likeness (QED) is 0.421. The number of carboxylic acids is 1. The Morgan fingerprint density at radius 2 is 2.14 bits per heavy atom. The molecule has 0 saturated carbocycles. The van der Waals surface area contributed by atoms with Crippen LogP contribution in [-0.2, 0) is 0 Å². The fraction of sp³-hybridized carbons (Fsp3) is 0. The third kappa shape index (κ3) is 1.47. The van der Waals surface area contributed by atoms with Crippen LogP contribution in [0, 0.1) is 15.9 Å². The number of carbonyl (C=O) groups is 1. The molecule has 14 heavy (non-hydrogen) atoms. The van der Waals surface area contributed by atoms with Gasteiger partial charge >= 0.3 is 11.7 Å². The van der Waals surface area contributed by atoms with E-state index in [1.807, 2.05) is 0 Å². The van der Waals surface area contributed by atoms with Crippen molar-refractivity contribution in [3.8, 4) is 0 Å². The van der Waals surface area contributed by atoms with Gasteiger partial charge in [0, 0.05) is 0 Å². The maximum absolute atomic E-state index is 12.9. The van der Waals surface area contributed by atoms with Gasteiger partial charge in [0.25, 0.3) is 0 Å². The average Bonchev–Trinajstić information content (AvgIpc) is 2.07. The lowest BCUT2D eigenvalue weighted by Gasteiger charge is -2.01. The number of halogens is 1. The lowest BCUT2D eigenvalue weighted by molar-refractivity contribution is -0.384. The first kappa shape index (κ1) is 9.90. The Balaban J connectivity index is 3.58. The lowest BCUT2D eigenvalue weighted by Crippen LogP contribution is -2.08. The smallest absolute Gasteiger partial charge is 0.345 e. The number of anilines is 1. The molecule has 0 heterocycles. The Labute approximate surface area is 76.9 Å². The van der Waals surface area contributed by atoms with Crippen LogP contribution >= 0.6 is 0 Å². The van der Waals surface area contributed by atoms with Gasteiger partial charge in [0.15, 0.2) is 5.56 Å². The predicted octanol–water partition coefficient (Wildman–Crippen LogP) is 1.01.